The number of carbonyl (C=O) groups is 1. The van der Waals surface area contributed by atoms with Crippen LogP contribution in [0.4, 0.5) is 19.1 Å². The number of aromatic nitrogens is 4. The number of hydrogen-bond acceptors (Lipinski definition) is 7. The van der Waals surface area contributed by atoms with E-state index in [1.807, 2.05) is 0 Å². The van der Waals surface area contributed by atoms with Crippen molar-refractivity contribution in [2.24, 2.45) is 5.41 Å². The van der Waals surface area contributed by atoms with Crippen molar-refractivity contribution in [1.82, 2.24) is 19.9 Å². The van der Waals surface area contributed by atoms with Crippen LogP contribution in [0.25, 0.3) is 22.4 Å². The molecule has 4 rings (SSSR count). The predicted octanol–water partition coefficient (Wildman–Crippen LogP) is 5.61. The lowest BCUT2D eigenvalue weighted by molar-refractivity contribution is -0.143. The van der Waals surface area contributed by atoms with Crippen LogP contribution in [0.15, 0.2) is 54.6 Å². The summed E-state index contributed by atoms with van der Waals surface area (Å²) in [6, 6.07) is 13.2. The summed E-state index contributed by atoms with van der Waals surface area (Å²) in [7, 11) is 0. The number of anilines is 1. The summed E-state index contributed by atoms with van der Waals surface area (Å²) in [5.74, 6) is 3.74. The zero-order chi connectivity index (χ0) is 29.0. The molecule has 3 N–H and O–H groups in total. The second kappa shape index (κ2) is 11.4. The van der Waals surface area contributed by atoms with Crippen LogP contribution in [0.5, 0.6) is 5.88 Å². The minimum atomic E-state index is -2.83. The van der Waals surface area contributed by atoms with Gasteiger partial charge in [0.1, 0.15) is 29.2 Å². The molecular formula is C29H24F3N5O3. The zero-order valence-corrected chi connectivity index (χ0v) is 21.7. The van der Waals surface area contributed by atoms with Crippen molar-refractivity contribution >= 4 is 11.9 Å². The van der Waals surface area contributed by atoms with Crippen molar-refractivity contribution < 1.29 is 27.8 Å². The fraction of sp³-hybridized carbons (Fsp3) is 0.207. The Bertz CT molecular complexity index is 1630. The third-order valence-electron chi connectivity index (χ3n) is 5.70. The third-order valence-corrected chi connectivity index (χ3v) is 5.70. The molecule has 11 heteroatoms. The number of nitrogen functional groups attached to an aromatic ring is 1. The van der Waals surface area contributed by atoms with Crippen molar-refractivity contribution in [3.05, 3.63) is 83.2 Å². The molecule has 0 amide bonds. The van der Waals surface area contributed by atoms with Crippen LogP contribution < -0.4 is 10.5 Å². The maximum absolute atomic E-state index is 13.7. The van der Waals surface area contributed by atoms with Gasteiger partial charge in [-0.25, -0.2) is 23.1 Å². The molecule has 0 atom stereocenters. The van der Waals surface area contributed by atoms with Crippen LogP contribution in [0.2, 0.25) is 0 Å². The molecule has 40 heavy (non-hydrogen) atoms. The quantitative estimate of drug-likeness (QED) is 0.286. The Morgan fingerprint density at radius 3 is 2.45 bits per heavy atom. The summed E-state index contributed by atoms with van der Waals surface area (Å²) in [6.07, 6.45) is -2.83. The molecule has 204 valence electrons. The molecule has 4 aromatic rings. The molecule has 0 radical (unpaired) electrons. The number of benzene rings is 1. The fourth-order valence-corrected chi connectivity index (χ4v) is 3.63. The number of carboxylic acids is 1. The number of pyridine rings is 2. The van der Waals surface area contributed by atoms with Crippen molar-refractivity contribution in [2.75, 3.05) is 5.73 Å². The molecular weight excluding hydrogens is 523 g/mol. The molecule has 0 fully saturated rings. The summed E-state index contributed by atoms with van der Waals surface area (Å²) in [6.45, 7) is 4.42. The SMILES string of the molecule is Cc1cc(-c2c(OCc3cccc(C#CC(C)(C)C(=O)O)n3)nc(N)nc2-c2ccc(F)cc2)cc(C(F)F)n1. The van der Waals surface area contributed by atoms with Crippen LogP contribution >= 0.6 is 0 Å². The number of ether oxygens (including phenoxy) is 1. The van der Waals surface area contributed by atoms with Gasteiger partial charge < -0.3 is 15.6 Å². The molecule has 8 nitrogen and oxygen atoms in total. The van der Waals surface area contributed by atoms with E-state index in [0.29, 0.717) is 28.2 Å². The molecule has 0 saturated heterocycles. The number of alkyl halides is 2. The molecule has 0 spiro atoms. The van der Waals surface area contributed by atoms with Crippen molar-refractivity contribution in [3.63, 3.8) is 0 Å². The van der Waals surface area contributed by atoms with Gasteiger partial charge >= 0.3 is 5.97 Å². The van der Waals surface area contributed by atoms with Gasteiger partial charge in [0.15, 0.2) is 0 Å². The molecule has 3 aromatic heterocycles. The van der Waals surface area contributed by atoms with E-state index in [-0.39, 0.29) is 29.7 Å². The Morgan fingerprint density at radius 1 is 1.05 bits per heavy atom. The summed E-state index contributed by atoms with van der Waals surface area (Å²) < 4.78 is 46.9. The first-order valence-corrected chi connectivity index (χ1v) is 12.0. The Kier molecular flexibility index (Phi) is 8.00. The van der Waals surface area contributed by atoms with Gasteiger partial charge in [-0.2, -0.15) is 4.98 Å². The number of nitrogens with two attached hydrogens (primary N) is 1. The van der Waals surface area contributed by atoms with Gasteiger partial charge in [-0.3, -0.25) is 9.78 Å². The Labute approximate surface area is 228 Å². The van der Waals surface area contributed by atoms with E-state index in [2.05, 4.69) is 31.8 Å². The summed E-state index contributed by atoms with van der Waals surface area (Å²) >= 11 is 0. The maximum Gasteiger partial charge on any atom is 0.321 e. The zero-order valence-electron chi connectivity index (χ0n) is 21.7. The van der Waals surface area contributed by atoms with Crippen LogP contribution in [0.1, 0.15) is 43.0 Å². The highest BCUT2D eigenvalue weighted by molar-refractivity contribution is 5.85. The Morgan fingerprint density at radius 2 is 1.77 bits per heavy atom. The number of aryl methyl sites for hydroxylation is 1. The van der Waals surface area contributed by atoms with Gasteiger partial charge in [-0.05, 0) is 80.8 Å². The van der Waals surface area contributed by atoms with E-state index in [9.17, 15) is 23.1 Å². The van der Waals surface area contributed by atoms with E-state index in [0.717, 1.165) is 0 Å². The first-order valence-electron chi connectivity index (χ1n) is 12.0. The van der Waals surface area contributed by atoms with Gasteiger partial charge in [0, 0.05) is 11.3 Å². The van der Waals surface area contributed by atoms with E-state index >= 15 is 0 Å². The minimum Gasteiger partial charge on any atom is -0.480 e. The number of halogens is 3. The van der Waals surface area contributed by atoms with Gasteiger partial charge in [0.25, 0.3) is 6.43 Å². The minimum absolute atomic E-state index is 0.0112. The fourth-order valence-electron chi connectivity index (χ4n) is 3.63. The Balaban J connectivity index is 1.78. The molecule has 0 aliphatic carbocycles. The molecule has 0 bridgehead atoms. The monoisotopic (exact) mass is 547 g/mol. The lowest BCUT2D eigenvalue weighted by Gasteiger charge is -2.16. The lowest BCUT2D eigenvalue weighted by atomic mass is 9.95. The van der Waals surface area contributed by atoms with Gasteiger partial charge in [-0.15, -0.1) is 0 Å². The lowest BCUT2D eigenvalue weighted by Crippen LogP contribution is -2.21. The molecule has 0 unspecified atom stereocenters. The smallest absolute Gasteiger partial charge is 0.321 e. The van der Waals surface area contributed by atoms with Crippen LogP contribution in [-0.4, -0.2) is 31.0 Å². The number of nitrogens with zero attached hydrogens (tertiary/aromatic N) is 4. The molecule has 0 aliphatic heterocycles. The number of carboxylic acid groups (broad SMARTS) is 1. The molecule has 0 aliphatic rings. The van der Waals surface area contributed by atoms with Crippen LogP contribution in [-0.2, 0) is 11.4 Å². The molecule has 0 saturated carbocycles. The molecule has 3 heterocycles. The largest absolute Gasteiger partial charge is 0.480 e. The Hall–Kier alpha value is -4.98. The van der Waals surface area contributed by atoms with Crippen LogP contribution in [0, 0.1) is 30.0 Å². The van der Waals surface area contributed by atoms with Crippen molar-refractivity contribution in [2.45, 2.75) is 33.8 Å². The average Bonchev–Trinajstić information content (AvgIpc) is 2.90. The van der Waals surface area contributed by atoms with E-state index in [4.69, 9.17) is 10.5 Å². The molecule has 1 aromatic carbocycles. The highest BCUT2D eigenvalue weighted by Crippen LogP contribution is 2.39. The normalized spacial score (nSPS) is 11.2. The first-order chi connectivity index (χ1) is 18.9. The first kappa shape index (κ1) is 28.0. The second-order valence-corrected chi connectivity index (χ2v) is 9.32. The number of aliphatic carboxylic acids is 1. The third kappa shape index (κ3) is 6.53. The summed E-state index contributed by atoms with van der Waals surface area (Å²) in [5, 5.41) is 9.28. The number of rotatable bonds is 7. The van der Waals surface area contributed by atoms with Crippen molar-refractivity contribution in [1.29, 1.82) is 0 Å². The van der Waals surface area contributed by atoms with Gasteiger partial charge in [0.05, 0.1) is 17.0 Å². The van der Waals surface area contributed by atoms with E-state index < -0.39 is 29.3 Å². The summed E-state index contributed by atoms with van der Waals surface area (Å²) in [4.78, 5) is 28.2. The van der Waals surface area contributed by atoms with E-state index in [1.54, 1.807) is 31.2 Å². The van der Waals surface area contributed by atoms with Gasteiger partial charge in [-0.1, -0.05) is 12.0 Å². The van der Waals surface area contributed by atoms with E-state index in [1.165, 1.54) is 44.2 Å². The highest BCUT2D eigenvalue weighted by atomic mass is 19.3. The van der Waals surface area contributed by atoms with Gasteiger partial charge in [0.2, 0.25) is 11.8 Å². The average molecular weight is 548 g/mol. The second-order valence-electron chi connectivity index (χ2n) is 9.32. The summed E-state index contributed by atoms with van der Waals surface area (Å²) in [5.41, 5.74) is 6.64. The number of hydrogen-bond donors (Lipinski definition) is 2. The van der Waals surface area contributed by atoms with Crippen molar-refractivity contribution in [3.8, 4) is 40.1 Å². The highest BCUT2D eigenvalue weighted by Gasteiger charge is 2.24. The topological polar surface area (TPSA) is 124 Å². The standard InChI is InChI=1S/C29H24F3N5O3/c1-16-13-18(14-22(34-16)25(31)32)23-24(17-7-9-19(30)10-8-17)36-28(33)37-26(23)40-15-21-6-4-5-20(35-21)11-12-29(2,3)27(38)39/h4-10,13-14,25H,15H2,1-3H3,(H,38,39)(H2,33,36,37). The maximum atomic E-state index is 13.7. The predicted molar refractivity (Wildman–Crippen MR) is 142 cm³/mol. The van der Waals surface area contributed by atoms with Crippen LogP contribution in [0.3, 0.4) is 0 Å².